The summed E-state index contributed by atoms with van der Waals surface area (Å²) in [5.74, 6) is 3.11. The van der Waals surface area contributed by atoms with E-state index in [1.807, 2.05) is 23.6 Å². The molecule has 0 fully saturated rings. The Morgan fingerprint density at radius 2 is 1.62 bits per heavy atom. The fraction of sp³-hybridized carbons (Fsp3) is 0.318. The van der Waals surface area contributed by atoms with Gasteiger partial charge >= 0.3 is 0 Å². The number of rotatable bonds is 10. The van der Waals surface area contributed by atoms with Crippen molar-refractivity contribution in [2.45, 2.75) is 18.6 Å². The van der Waals surface area contributed by atoms with Gasteiger partial charge in [0.05, 0.1) is 39.9 Å². The Bertz CT molecular complexity index is 1060. The monoisotopic (exact) mass is 458 g/mol. The lowest BCUT2D eigenvalue weighted by atomic mass is 10.2. The van der Waals surface area contributed by atoms with Crippen molar-refractivity contribution in [2.75, 3.05) is 39.5 Å². The molecule has 1 heterocycles. The third-order valence-corrected chi connectivity index (χ3v) is 5.62. The molecule has 1 N–H and O–H groups in total. The average molecular weight is 459 g/mol. The number of carbonyl (C=O) groups excluding carboxylic acids is 1. The Kier molecular flexibility index (Phi) is 7.82. The van der Waals surface area contributed by atoms with Gasteiger partial charge in [-0.1, -0.05) is 11.8 Å². The molecular formula is C22H26N4O5S. The summed E-state index contributed by atoms with van der Waals surface area (Å²) >= 11 is 1.30. The largest absolute Gasteiger partial charge is 0.497 e. The van der Waals surface area contributed by atoms with Crippen LogP contribution in [0.4, 0.5) is 5.69 Å². The zero-order valence-electron chi connectivity index (χ0n) is 18.7. The molecule has 170 valence electrons. The lowest BCUT2D eigenvalue weighted by molar-refractivity contribution is -0.113. The lowest BCUT2D eigenvalue weighted by Gasteiger charge is -2.12. The molecule has 10 heteroatoms. The molecule has 0 aliphatic carbocycles. The van der Waals surface area contributed by atoms with Crippen molar-refractivity contribution in [1.29, 1.82) is 0 Å². The first-order valence-corrected chi connectivity index (χ1v) is 10.8. The van der Waals surface area contributed by atoms with Crippen molar-refractivity contribution in [3.63, 3.8) is 0 Å². The van der Waals surface area contributed by atoms with Crippen LogP contribution in [0.2, 0.25) is 0 Å². The Hall–Kier alpha value is -3.40. The Labute approximate surface area is 191 Å². The molecule has 0 aliphatic rings. The van der Waals surface area contributed by atoms with Gasteiger partial charge in [0.15, 0.2) is 11.0 Å². The van der Waals surface area contributed by atoms with E-state index in [9.17, 15) is 4.79 Å². The number of hydrogen-bond donors (Lipinski definition) is 1. The van der Waals surface area contributed by atoms with Gasteiger partial charge in [0.25, 0.3) is 0 Å². The van der Waals surface area contributed by atoms with Gasteiger partial charge in [-0.3, -0.25) is 4.79 Å². The summed E-state index contributed by atoms with van der Waals surface area (Å²) in [6.45, 7) is 2.63. The van der Waals surface area contributed by atoms with Crippen LogP contribution in [0.25, 0.3) is 11.4 Å². The number of benzene rings is 2. The number of thioether (sulfide) groups is 1. The highest BCUT2D eigenvalue weighted by Gasteiger charge is 2.17. The number of hydrogen-bond acceptors (Lipinski definition) is 8. The molecule has 1 aromatic heterocycles. The molecule has 0 bridgehead atoms. The van der Waals surface area contributed by atoms with Crippen molar-refractivity contribution in [1.82, 2.24) is 14.8 Å². The molecule has 2 aromatic carbocycles. The van der Waals surface area contributed by atoms with Gasteiger partial charge in [-0.25, -0.2) is 0 Å². The van der Waals surface area contributed by atoms with Crippen molar-refractivity contribution < 1.29 is 23.7 Å². The van der Waals surface area contributed by atoms with Crippen LogP contribution in [0.5, 0.6) is 23.0 Å². The zero-order chi connectivity index (χ0) is 23.1. The van der Waals surface area contributed by atoms with Crippen LogP contribution in [-0.4, -0.2) is 54.9 Å². The first-order valence-electron chi connectivity index (χ1n) is 9.84. The van der Waals surface area contributed by atoms with Gasteiger partial charge < -0.3 is 28.8 Å². The van der Waals surface area contributed by atoms with E-state index in [-0.39, 0.29) is 11.7 Å². The maximum Gasteiger partial charge on any atom is 0.234 e. The SMILES string of the molecule is CCn1c(SCC(=O)Nc2cc(OC)ccc2OC)nnc1-c1cc(OC)cc(OC)c1. The molecule has 0 radical (unpaired) electrons. The van der Waals surface area contributed by atoms with Crippen LogP contribution >= 0.6 is 11.8 Å². The Morgan fingerprint density at radius 1 is 0.938 bits per heavy atom. The summed E-state index contributed by atoms with van der Waals surface area (Å²) in [5.41, 5.74) is 1.35. The molecule has 0 spiro atoms. The molecule has 3 rings (SSSR count). The zero-order valence-corrected chi connectivity index (χ0v) is 19.5. The minimum absolute atomic E-state index is 0.153. The van der Waals surface area contributed by atoms with Gasteiger partial charge in [-0.2, -0.15) is 0 Å². The standard InChI is InChI=1S/C22H26N4O5S/c1-6-26-21(14-9-16(29-3)11-17(10-14)30-4)24-25-22(26)32-13-20(27)23-18-12-15(28-2)7-8-19(18)31-5/h7-12H,6,13H2,1-5H3,(H,23,27). The first-order chi connectivity index (χ1) is 15.5. The van der Waals surface area contributed by atoms with Gasteiger partial charge in [0.1, 0.15) is 23.0 Å². The van der Waals surface area contributed by atoms with Crippen molar-refractivity contribution >= 4 is 23.4 Å². The fourth-order valence-corrected chi connectivity index (χ4v) is 3.86. The van der Waals surface area contributed by atoms with Crippen molar-refractivity contribution in [3.8, 4) is 34.4 Å². The van der Waals surface area contributed by atoms with Gasteiger partial charge in [0.2, 0.25) is 5.91 Å². The van der Waals surface area contributed by atoms with E-state index in [1.165, 1.54) is 11.8 Å². The maximum atomic E-state index is 12.6. The van der Waals surface area contributed by atoms with Crippen molar-refractivity contribution in [2.24, 2.45) is 0 Å². The number of nitrogens with zero attached hydrogens (tertiary/aromatic N) is 3. The molecule has 0 saturated carbocycles. The predicted molar refractivity (Wildman–Crippen MR) is 123 cm³/mol. The van der Waals surface area contributed by atoms with E-state index in [0.29, 0.717) is 46.2 Å². The highest BCUT2D eigenvalue weighted by molar-refractivity contribution is 7.99. The van der Waals surface area contributed by atoms with Gasteiger partial charge in [-0.05, 0) is 31.2 Å². The van der Waals surface area contributed by atoms with Crippen LogP contribution in [0.15, 0.2) is 41.6 Å². The number of ether oxygens (including phenoxy) is 4. The van der Waals surface area contributed by atoms with Crippen LogP contribution in [0, 0.1) is 0 Å². The summed E-state index contributed by atoms with van der Waals surface area (Å²) in [7, 11) is 6.31. The molecule has 3 aromatic rings. The second-order valence-corrected chi connectivity index (χ2v) is 7.50. The molecule has 9 nitrogen and oxygen atoms in total. The number of aromatic nitrogens is 3. The molecular weight excluding hydrogens is 432 g/mol. The van der Waals surface area contributed by atoms with Crippen LogP contribution in [-0.2, 0) is 11.3 Å². The Morgan fingerprint density at radius 3 is 2.22 bits per heavy atom. The van der Waals surface area contributed by atoms with Crippen molar-refractivity contribution in [3.05, 3.63) is 36.4 Å². The van der Waals surface area contributed by atoms with E-state index >= 15 is 0 Å². The highest BCUT2D eigenvalue weighted by Crippen LogP contribution is 2.32. The molecule has 0 aliphatic heterocycles. The molecule has 1 amide bonds. The molecule has 0 atom stereocenters. The summed E-state index contributed by atoms with van der Waals surface area (Å²) in [6, 6.07) is 10.8. The van der Waals surface area contributed by atoms with E-state index < -0.39 is 0 Å². The second-order valence-electron chi connectivity index (χ2n) is 6.55. The van der Waals surface area contributed by atoms with E-state index in [2.05, 4.69) is 15.5 Å². The maximum absolute atomic E-state index is 12.6. The molecule has 32 heavy (non-hydrogen) atoms. The average Bonchev–Trinajstić information content (AvgIpc) is 3.25. The number of carbonyl (C=O) groups is 1. The summed E-state index contributed by atoms with van der Waals surface area (Å²) in [5, 5.41) is 12.1. The second kappa shape index (κ2) is 10.8. The van der Waals surface area contributed by atoms with Crippen LogP contribution in [0.1, 0.15) is 6.92 Å². The highest BCUT2D eigenvalue weighted by atomic mass is 32.2. The smallest absolute Gasteiger partial charge is 0.234 e. The summed E-state index contributed by atoms with van der Waals surface area (Å²) < 4.78 is 23.2. The molecule has 0 unspecified atom stereocenters. The third-order valence-electron chi connectivity index (χ3n) is 4.66. The minimum atomic E-state index is -0.197. The quantitative estimate of drug-likeness (QED) is 0.459. The topological polar surface area (TPSA) is 96.7 Å². The van der Waals surface area contributed by atoms with Gasteiger partial charge in [-0.15, -0.1) is 10.2 Å². The van der Waals surface area contributed by atoms with Crippen LogP contribution in [0.3, 0.4) is 0 Å². The number of anilines is 1. The van der Waals surface area contributed by atoms with Gasteiger partial charge in [0, 0.05) is 24.2 Å². The predicted octanol–water partition coefficient (Wildman–Crippen LogP) is 3.73. The number of methoxy groups -OCH3 is 4. The minimum Gasteiger partial charge on any atom is -0.497 e. The first kappa shape index (κ1) is 23.3. The normalized spacial score (nSPS) is 10.5. The summed E-state index contributed by atoms with van der Waals surface area (Å²) in [4.78, 5) is 12.6. The number of amides is 1. The lowest BCUT2D eigenvalue weighted by Crippen LogP contribution is -2.15. The van der Waals surface area contributed by atoms with E-state index in [0.717, 1.165) is 5.56 Å². The van der Waals surface area contributed by atoms with E-state index in [1.54, 1.807) is 52.7 Å². The molecule has 0 saturated heterocycles. The third kappa shape index (κ3) is 5.25. The summed E-state index contributed by atoms with van der Waals surface area (Å²) in [6.07, 6.45) is 0. The van der Waals surface area contributed by atoms with Crippen LogP contribution < -0.4 is 24.3 Å². The Balaban J connectivity index is 1.76. The van der Waals surface area contributed by atoms with E-state index in [4.69, 9.17) is 18.9 Å². The number of nitrogens with one attached hydrogen (secondary N) is 1. The fourth-order valence-electron chi connectivity index (χ4n) is 3.06.